The second-order valence-electron chi connectivity index (χ2n) is 10.3. The highest BCUT2D eigenvalue weighted by atomic mass is 16.5. The SMILES string of the molecule is COC(=O)c1ccc(C2=NC3CCC3C(c3ccco3)=C2Cc2ccc(C(C)(C)C)cc2)cc1. The molecule has 0 N–H and O–H groups in total. The normalized spacial score (nSPS) is 19.8. The molecule has 1 aromatic heterocycles. The standard InChI is InChI=1S/C30H31NO3/c1-30(2,3)22-13-7-19(8-14-22)18-24-27(26-6-5-17-34-26)23-15-16-25(23)31-28(24)20-9-11-21(12-10-20)29(32)33-4/h5-14,17,23,25H,15-16,18H2,1-4H3. The van der Waals surface area contributed by atoms with E-state index in [9.17, 15) is 4.79 Å². The number of fused-ring (bicyclic) bond motifs is 1. The minimum Gasteiger partial charge on any atom is -0.465 e. The van der Waals surface area contributed by atoms with Crippen LogP contribution in [0.2, 0.25) is 0 Å². The van der Waals surface area contributed by atoms with Crippen molar-refractivity contribution in [3.05, 3.63) is 101 Å². The van der Waals surface area contributed by atoms with Crippen LogP contribution in [0.1, 0.15) is 66.4 Å². The molecule has 3 aromatic rings. The second-order valence-corrected chi connectivity index (χ2v) is 10.3. The zero-order valence-electron chi connectivity index (χ0n) is 20.3. The Morgan fingerprint density at radius 3 is 2.32 bits per heavy atom. The molecule has 2 aliphatic rings. The summed E-state index contributed by atoms with van der Waals surface area (Å²) in [6, 6.07) is 20.8. The molecule has 0 saturated heterocycles. The molecule has 0 spiro atoms. The lowest BCUT2D eigenvalue weighted by Gasteiger charge is -2.40. The third-order valence-electron chi connectivity index (χ3n) is 7.08. The maximum Gasteiger partial charge on any atom is 0.337 e. The maximum absolute atomic E-state index is 11.9. The van der Waals surface area contributed by atoms with Crippen molar-refractivity contribution < 1.29 is 13.9 Å². The van der Waals surface area contributed by atoms with Crippen LogP contribution in [-0.2, 0) is 16.6 Å². The van der Waals surface area contributed by atoms with E-state index in [0.717, 1.165) is 36.3 Å². The van der Waals surface area contributed by atoms with Gasteiger partial charge in [-0.15, -0.1) is 0 Å². The molecular weight excluding hydrogens is 422 g/mol. The van der Waals surface area contributed by atoms with Gasteiger partial charge in [0.1, 0.15) is 5.76 Å². The van der Waals surface area contributed by atoms with Gasteiger partial charge in [-0.05, 0) is 65.6 Å². The Bertz CT molecular complexity index is 1240. The van der Waals surface area contributed by atoms with Gasteiger partial charge in [0.05, 0.1) is 30.7 Å². The van der Waals surface area contributed by atoms with Gasteiger partial charge in [-0.2, -0.15) is 0 Å². The number of rotatable bonds is 5. The molecule has 0 radical (unpaired) electrons. The lowest BCUT2D eigenvalue weighted by atomic mass is 9.69. The number of aliphatic imine (C=N–C) groups is 1. The zero-order chi connectivity index (χ0) is 23.9. The molecule has 1 aliphatic heterocycles. The van der Waals surface area contributed by atoms with Gasteiger partial charge in [0.15, 0.2) is 0 Å². The topological polar surface area (TPSA) is 51.8 Å². The number of hydrogen-bond acceptors (Lipinski definition) is 4. The fourth-order valence-electron chi connectivity index (χ4n) is 4.97. The number of hydrogen-bond donors (Lipinski definition) is 0. The monoisotopic (exact) mass is 453 g/mol. The Balaban J connectivity index is 1.58. The molecule has 5 rings (SSSR count). The van der Waals surface area contributed by atoms with Crippen LogP contribution in [0.5, 0.6) is 0 Å². The van der Waals surface area contributed by atoms with Gasteiger partial charge in [-0.3, -0.25) is 4.99 Å². The van der Waals surface area contributed by atoms with Crippen molar-refractivity contribution in [3.63, 3.8) is 0 Å². The Morgan fingerprint density at radius 1 is 1.03 bits per heavy atom. The summed E-state index contributed by atoms with van der Waals surface area (Å²) >= 11 is 0. The number of nitrogens with zero attached hydrogens (tertiary/aromatic N) is 1. The summed E-state index contributed by atoms with van der Waals surface area (Å²) in [5.41, 5.74) is 7.75. The number of dihydropyridines is 1. The zero-order valence-corrected chi connectivity index (χ0v) is 20.3. The average Bonchev–Trinajstić information content (AvgIpc) is 3.35. The summed E-state index contributed by atoms with van der Waals surface area (Å²) in [4.78, 5) is 17.2. The van der Waals surface area contributed by atoms with E-state index in [4.69, 9.17) is 14.1 Å². The van der Waals surface area contributed by atoms with Crippen molar-refractivity contribution in [3.8, 4) is 0 Å². The number of allylic oxidation sites excluding steroid dienone is 1. The molecule has 174 valence electrons. The predicted molar refractivity (Wildman–Crippen MR) is 135 cm³/mol. The molecular formula is C30H31NO3. The first-order valence-corrected chi connectivity index (χ1v) is 12.0. The fourth-order valence-corrected chi connectivity index (χ4v) is 4.97. The molecule has 1 fully saturated rings. The molecule has 2 unspecified atom stereocenters. The Morgan fingerprint density at radius 2 is 1.76 bits per heavy atom. The minimum atomic E-state index is -0.331. The van der Waals surface area contributed by atoms with E-state index in [0.29, 0.717) is 11.5 Å². The summed E-state index contributed by atoms with van der Waals surface area (Å²) in [6.07, 6.45) is 4.75. The molecule has 0 amide bonds. The number of ether oxygens (including phenoxy) is 1. The molecule has 1 aliphatic carbocycles. The largest absolute Gasteiger partial charge is 0.465 e. The maximum atomic E-state index is 11.9. The quantitative estimate of drug-likeness (QED) is 0.407. The van der Waals surface area contributed by atoms with Crippen LogP contribution in [0.3, 0.4) is 0 Å². The number of carbonyl (C=O) groups is 1. The lowest BCUT2D eigenvalue weighted by Crippen LogP contribution is -2.37. The summed E-state index contributed by atoms with van der Waals surface area (Å²) in [6.45, 7) is 6.71. The molecule has 2 atom stereocenters. The van der Waals surface area contributed by atoms with E-state index < -0.39 is 0 Å². The minimum absolute atomic E-state index is 0.120. The van der Waals surface area contributed by atoms with Crippen molar-refractivity contribution in [1.29, 1.82) is 0 Å². The third-order valence-corrected chi connectivity index (χ3v) is 7.08. The van der Waals surface area contributed by atoms with E-state index in [-0.39, 0.29) is 17.4 Å². The van der Waals surface area contributed by atoms with E-state index in [1.54, 1.807) is 6.26 Å². The number of furan rings is 1. The van der Waals surface area contributed by atoms with Gasteiger partial charge in [0.25, 0.3) is 0 Å². The van der Waals surface area contributed by atoms with E-state index in [2.05, 4.69) is 51.1 Å². The molecule has 2 heterocycles. The van der Waals surface area contributed by atoms with Crippen molar-refractivity contribution >= 4 is 17.3 Å². The van der Waals surface area contributed by atoms with Crippen LogP contribution >= 0.6 is 0 Å². The van der Waals surface area contributed by atoms with Crippen molar-refractivity contribution in [2.24, 2.45) is 10.9 Å². The van der Waals surface area contributed by atoms with Crippen LogP contribution in [0, 0.1) is 5.92 Å². The highest BCUT2D eigenvalue weighted by molar-refractivity contribution is 6.18. The summed E-state index contributed by atoms with van der Waals surface area (Å²) < 4.78 is 10.8. The van der Waals surface area contributed by atoms with Crippen LogP contribution in [0.15, 0.2) is 81.9 Å². The summed E-state index contributed by atoms with van der Waals surface area (Å²) in [5, 5.41) is 0. The van der Waals surface area contributed by atoms with Gasteiger partial charge in [0.2, 0.25) is 0 Å². The third kappa shape index (κ3) is 4.13. The predicted octanol–water partition coefficient (Wildman–Crippen LogP) is 6.64. The molecule has 34 heavy (non-hydrogen) atoms. The van der Waals surface area contributed by atoms with Gasteiger partial charge in [0, 0.05) is 17.1 Å². The second kappa shape index (κ2) is 8.75. The number of carbonyl (C=O) groups excluding carboxylic acids is 1. The van der Waals surface area contributed by atoms with E-state index in [1.165, 1.54) is 29.4 Å². The molecule has 4 heteroatoms. The van der Waals surface area contributed by atoms with Gasteiger partial charge in [-0.25, -0.2) is 4.79 Å². The Kier molecular flexibility index (Phi) is 5.76. The first-order valence-electron chi connectivity index (χ1n) is 12.0. The smallest absolute Gasteiger partial charge is 0.337 e. The first-order chi connectivity index (χ1) is 16.3. The number of esters is 1. The van der Waals surface area contributed by atoms with E-state index >= 15 is 0 Å². The highest BCUT2D eigenvalue weighted by Crippen LogP contribution is 2.47. The van der Waals surface area contributed by atoms with Crippen LogP contribution in [0.25, 0.3) is 5.57 Å². The van der Waals surface area contributed by atoms with Crippen molar-refractivity contribution in [2.45, 2.75) is 51.5 Å². The molecule has 1 saturated carbocycles. The summed E-state index contributed by atoms with van der Waals surface area (Å²) in [5.74, 6) is 1.00. The van der Waals surface area contributed by atoms with E-state index in [1.807, 2.05) is 30.3 Å². The van der Waals surface area contributed by atoms with Crippen molar-refractivity contribution in [1.82, 2.24) is 0 Å². The molecule has 2 aromatic carbocycles. The number of benzene rings is 2. The highest BCUT2D eigenvalue weighted by Gasteiger charge is 2.41. The Labute approximate surface area is 201 Å². The van der Waals surface area contributed by atoms with Gasteiger partial charge in [-0.1, -0.05) is 57.2 Å². The van der Waals surface area contributed by atoms with Gasteiger partial charge >= 0.3 is 5.97 Å². The average molecular weight is 454 g/mol. The fraction of sp³-hybridized carbons (Fsp3) is 0.333. The molecule has 0 bridgehead atoms. The van der Waals surface area contributed by atoms with Crippen LogP contribution < -0.4 is 0 Å². The van der Waals surface area contributed by atoms with Gasteiger partial charge < -0.3 is 9.15 Å². The lowest BCUT2D eigenvalue weighted by molar-refractivity contribution is 0.0600. The molecule has 4 nitrogen and oxygen atoms in total. The van der Waals surface area contributed by atoms with Crippen LogP contribution in [0.4, 0.5) is 0 Å². The van der Waals surface area contributed by atoms with Crippen LogP contribution in [-0.4, -0.2) is 24.8 Å². The number of methoxy groups -OCH3 is 1. The first kappa shape index (κ1) is 22.4. The van der Waals surface area contributed by atoms with Crippen molar-refractivity contribution in [2.75, 3.05) is 7.11 Å². The summed E-state index contributed by atoms with van der Waals surface area (Å²) in [7, 11) is 1.40. The Hall–Kier alpha value is -3.40.